The molecule has 3 rings (SSSR count). The summed E-state index contributed by atoms with van der Waals surface area (Å²) in [4.78, 5) is 39.0. The van der Waals surface area contributed by atoms with Crippen LogP contribution in [0.4, 0.5) is 4.39 Å². The van der Waals surface area contributed by atoms with Crippen molar-refractivity contribution in [2.24, 2.45) is 5.92 Å². The third-order valence-electron chi connectivity index (χ3n) is 4.87. The van der Waals surface area contributed by atoms with Crippen LogP contribution in [0, 0.1) is 11.7 Å². The van der Waals surface area contributed by atoms with Gasteiger partial charge in [0.15, 0.2) is 0 Å². The molecule has 1 aromatic heterocycles. The average Bonchev–Trinajstić information content (AvgIpc) is 3.14. The zero-order valence-corrected chi connectivity index (χ0v) is 17.2. The minimum atomic E-state index is -0.932. The van der Waals surface area contributed by atoms with E-state index in [1.807, 2.05) is 6.07 Å². The van der Waals surface area contributed by atoms with Crippen molar-refractivity contribution in [3.63, 3.8) is 0 Å². The van der Waals surface area contributed by atoms with Gasteiger partial charge in [0.05, 0.1) is 10.4 Å². The molecule has 1 aliphatic rings. The summed E-state index contributed by atoms with van der Waals surface area (Å²) in [6.07, 6.45) is 4.21. The van der Waals surface area contributed by atoms with Crippen molar-refractivity contribution < 1.29 is 18.8 Å². The lowest BCUT2D eigenvalue weighted by Crippen LogP contribution is -2.54. The molecule has 29 heavy (non-hydrogen) atoms. The van der Waals surface area contributed by atoms with Gasteiger partial charge in [-0.25, -0.2) is 4.39 Å². The summed E-state index contributed by atoms with van der Waals surface area (Å²) in [5.41, 5.74) is 5.85. The number of hydrazine groups is 1. The molecule has 1 aliphatic carbocycles. The third-order valence-corrected chi connectivity index (χ3v) is 6.11. The molecule has 0 saturated carbocycles. The zero-order chi connectivity index (χ0) is 21.0. The highest BCUT2D eigenvalue weighted by atomic mass is 32.1. The molecule has 154 valence electrons. The van der Waals surface area contributed by atoms with E-state index in [-0.39, 0.29) is 17.4 Å². The Balaban J connectivity index is 1.61. The fraction of sp³-hybridized carbons (Fsp3) is 0.381. The minimum absolute atomic E-state index is 0.140. The molecule has 0 fully saturated rings. The van der Waals surface area contributed by atoms with Crippen LogP contribution in [0.3, 0.4) is 0 Å². The lowest BCUT2D eigenvalue weighted by Gasteiger charge is -2.22. The Morgan fingerprint density at radius 2 is 1.76 bits per heavy atom. The topological polar surface area (TPSA) is 87.3 Å². The largest absolute Gasteiger partial charge is 0.340 e. The van der Waals surface area contributed by atoms with Gasteiger partial charge in [0.25, 0.3) is 17.7 Å². The Kier molecular flexibility index (Phi) is 6.64. The number of amides is 3. The van der Waals surface area contributed by atoms with Gasteiger partial charge in [-0.15, -0.1) is 11.3 Å². The molecule has 0 aliphatic heterocycles. The first-order chi connectivity index (χ1) is 13.9. The van der Waals surface area contributed by atoms with Crippen LogP contribution in [0.15, 0.2) is 30.3 Å². The van der Waals surface area contributed by atoms with E-state index in [1.54, 1.807) is 19.9 Å². The molecule has 0 spiro atoms. The van der Waals surface area contributed by atoms with Crippen molar-refractivity contribution in [1.82, 2.24) is 16.2 Å². The number of fused-ring (bicyclic) bond motifs is 1. The Bertz CT molecular complexity index is 902. The van der Waals surface area contributed by atoms with E-state index in [9.17, 15) is 18.8 Å². The first-order valence-corrected chi connectivity index (χ1v) is 10.5. The molecule has 1 aromatic carbocycles. The Hall–Kier alpha value is -2.74. The van der Waals surface area contributed by atoms with Gasteiger partial charge in [-0.05, 0) is 55.4 Å². The molecule has 0 saturated heterocycles. The molecule has 3 amide bonds. The number of aryl methyl sites for hydroxylation is 2. The van der Waals surface area contributed by atoms with Gasteiger partial charge < -0.3 is 5.32 Å². The Morgan fingerprint density at radius 1 is 1.03 bits per heavy atom. The molecule has 1 atom stereocenters. The van der Waals surface area contributed by atoms with Crippen LogP contribution in [0.1, 0.15) is 57.2 Å². The highest BCUT2D eigenvalue weighted by molar-refractivity contribution is 7.14. The van der Waals surface area contributed by atoms with Gasteiger partial charge in [0, 0.05) is 4.88 Å². The van der Waals surface area contributed by atoms with Gasteiger partial charge >= 0.3 is 0 Å². The molecule has 1 unspecified atom stereocenters. The summed E-state index contributed by atoms with van der Waals surface area (Å²) >= 11 is 1.44. The molecular formula is C21H24FN3O3S. The van der Waals surface area contributed by atoms with Crippen LogP contribution in [0.25, 0.3) is 0 Å². The molecule has 6 nitrogen and oxygen atoms in total. The summed E-state index contributed by atoms with van der Waals surface area (Å²) in [6, 6.07) is 6.50. The van der Waals surface area contributed by atoms with Gasteiger partial charge in [-0.1, -0.05) is 26.0 Å². The van der Waals surface area contributed by atoms with Crippen molar-refractivity contribution in [3.05, 3.63) is 57.0 Å². The summed E-state index contributed by atoms with van der Waals surface area (Å²) < 4.78 is 13.8. The quantitative estimate of drug-likeness (QED) is 0.654. The van der Waals surface area contributed by atoms with Crippen LogP contribution in [0.2, 0.25) is 0 Å². The lowest BCUT2D eigenvalue weighted by atomic mass is 9.99. The van der Waals surface area contributed by atoms with Crippen LogP contribution >= 0.6 is 11.3 Å². The first kappa shape index (κ1) is 21.0. The van der Waals surface area contributed by atoms with E-state index in [2.05, 4.69) is 16.2 Å². The fourth-order valence-electron chi connectivity index (χ4n) is 3.26. The summed E-state index contributed by atoms with van der Waals surface area (Å²) in [6.45, 7) is 3.50. The predicted octanol–water partition coefficient (Wildman–Crippen LogP) is 2.98. The summed E-state index contributed by atoms with van der Waals surface area (Å²) in [7, 11) is 0. The van der Waals surface area contributed by atoms with E-state index >= 15 is 0 Å². The lowest BCUT2D eigenvalue weighted by molar-refractivity contribution is -0.124. The molecule has 0 bridgehead atoms. The maximum absolute atomic E-state index is 13.8. The van der Waals surface area contributed by atoms with Crippen LogP contribution in [-0.2, 0) is 17.6 Å². The molecular weight excluding hydrogens is 393 g/mol. The SMILES string of the molecule is CC(C)C(NC(=O)c1ccccc1F)C(=O)NNC(=O)c1cc2c(s1)CCCC2. The van der Waals surface area contributed by atoms with Gasteiger partial charge in [-0.2, -0.15) is 0 Å². The number of carbonyl (C=O) groups is 3. The van der Waals surface area contributed by atoms with Crippen molar-refractivity contribution >= 4 is 29.1 Å². The smallest absolute Gasteiger partial charge is 0.279 e. The maximum Gasteiger partial charge on any atom is 0.279 e. The highest BCUT2D eigenvalue weighted by Crippen LogP contribution is 2.29. The maximum atomic E-state index is 13.8. The molecule has 2 aromatic rings. The van der Waals surface area contributed by atoms with Gasteiger partial charge in [0.1, 0.15) is 11.9 Å². The highest BCUT2D eigenvalue weighted by Gasteiger charge is 2.26. The number of thiophene rings is 1. The van der Waals surface area contributed by atoms with E-state index in [4.69, 9.17) is 0 Å². The molecule has 1 heterocycles. The number of nitrogens with one attached hydrogen (secondary N) is 3. The van der Waals surface area contributed by atoms with Gasteiger partial charge in [-0.3, -0.25) is 25.2 Å². The second kappa shape index (κ2) is 9.17. The predicted molar refractivity (Wildman–Crippen MR) is 109 cm³/mol. The Morgan fingerprint density at radius 3 is 2.45 bits per heavy atom. The first-order valence-electron chi connectivity index (χ1n) is 9.64. The number of hydrogen-bond donors (Lipinski definition) is 3. The van der Waals surface area contributed by atoms with Crippen molar-refractivity contribution in [3.8, 4) is 0 Å². The minimum Gasteiger partial charge on any atom is -0.340 e. The van der Waals surface area contributed by atoms with E-state index in [0.29, 0.717) is 4.88 Å². The van der Waals surface area contributed by atoms with Crippen molar-refractivity contribution in [1.29, 1.82) is 0 Å². The van der Waals surface area contributed by atoms with Crippen molar-refractivity contribution in [2.75, 3.05) is 0 Å². The van der Waals surface area contributed by atoms with Gasteiger partial charge in [0.2, 0.25) is 0 Å². The second-order valence-electron chi connectivity index (χ2n) is 7.38. The monoisotopic (exact) mass is 417 g/mol. The summed E-state index contributed by atoms with van der Waals surface area (Å²) in [5.74, 6) is -2.58. The average molecular weight is 418 g/mol. The van der Waals surface area contributed by atoms with E-state index in [0.717, 1.165) is 25.7 Å². The second-order valence-corrected chi connectivity index (χ2v) is 8.52. The van der Waals surface area contributed by atoms with Crippen molar-refractivity contribution in [2.45, 2.75) is 45.6 Å². The fourth-order valence-corrected chi connectivity index (χ4v) is 4.41. The normalized spacial score (nSPS) is 14.1. The summed E-state index contributed by atoms with van der Waals surface area (Å²) in [5, 5.41) is 2.54. The molecule has 0 radical (unpaired) electrons. The number of carbonyl (C=O) groups excluding carboxylic acids is 3. The Labute approximate surface area is 172 Å². The third kappa shape index (κ3) is 5.00. The zero-order valence-electron chi connectivity index (χ0n) is 16.4. The van der Waals surface area contributed by atoms with E-state index < -0.39 is 23.7 Å². The number of rotatable bonds is 5. The standard InChI is InChI=1S/C21H24FN3O3S/c1-12(2)18(23-19(26)14-8-4-5-9-15(14)22)21(28)25-24-20(27)17-11-13-7-3-6-10-16(13)29-17/h4-5,8-9,11-12,18H,3,6-7,10H2,1-2H3,(H,23,26)(H,24,27)(H,25,28). The molecule has 3 N–H and O–H groups in total. The van der Waals surface area contributed by atoms with Crippen LogP contribution in [0.5, 0.6) is 0 Å². The number of benzene rings is 1. The molecule has 8 heteroatoms. The van der Waals surface area contributed by atoms with Crippen LogP contribution < -0.4 is 16.2 Å². The number of halogens is 1. The van der Waals surface area contributed by atoms with Crippen LogP contribution in [-0.4, -0.2) is 23.8 Å². The number of hydrogen-bond acceptors (Lipinski definition) is 4. The van der Waals surface area contributed by atoms with E-state index in [1.165, 1.54) is 40.0 Å².